The molecule has 8 heteroatoms. The van der Waals surface area contributed by atoms with Crippen LogP contribution in [0, 0.1) is 5.92 Å². The minimum absolute atomic E-state index is 0.0137. The lowest BCUT2D eigenvalue weighted by atomic mass is 9.86. The molecule has 0 radical (unpaired) electrons. The minimum atomic E-state index is -4.17. The molecule has 0 saturated carbocycles. The molecule has 2 saturated heterocycles. The zero-order chi connectivity index (χ0) is 21.1. The average molecular weight is 414 g/mol. The van der Waals surface area contributed by atoms with E-state index < -0.39 is 23.8 Å². The van der Waals surface area contributed by atoms with Crippen LogP contribution in [0.3, 0.4) is 0 Å². The van der Waals surface area contributed by atoms with E-state index in [1.807, 2.05) is 30.3 Å². The van der Waals surface area contributed by atoms with Crippen LogP contribution in [0.2, 0.25) is 0 Å². The first-order valence-electron chi connectivity index (χ1n) is 10.2. The van der Waals surface area contributed by atoms with Crippen LogP contribution in [0.1, 0.15) is 31.2 Å². The molecule has 0 aliphatic carbocycles. The number of hydrogen-bond acceptors (Lipinski definition) is 4. The molecule has 3 rings (SSSR count). The predicted molar refractivity (Wildman–Crippen MR) is 102 cm³/mol. The maximum Gasteiger partial charge on any atom is 0.391 e. The van der Waals surface area contributed by atoms with Crippen LogP contribution in [-0.4, -0.2) is 76.5 Å². The lowest BCUT2D eigenvalue weighted by molar-refractivity contribution is -0.189. The monoisotopic (exact) mass is 414 g/mol. The van der Waals surface area contributed by atoms with Gasteiger partial charge in [0, 0.05) is 26.1 Å². The summed E-state index contributed by atoms with van der Waals surface area (Å²) in [5, 5.41) is 21.4. The Hall–Kier alpha value is -1.64. The molecular weight excluding hydrogens is 385 g/mol. The lowest BCUT2D eigenvalue weighted by Crippen LogP contribution is -2.61. The molecule has 5 nitrogen and oxygen atoms in total. The van der Waals surface area contributed by atoms with Crippen molar-refractivity contribution in [2.24, 2.45) is 5.92 Å². The van der Waals surface area contributed by atoms with Crippen molar-refractivity contribution in [3.63, 3.8) is 0 Å². The highest BCUT2D eigenvalue weighted by Gasteiger charge is 2.45. The highest BCUT2D eigenvalue weighted by atomic mass is 19.4. The van der Waals surface area contributed by atoms with Gasteiger partial charge in [-0.2, -0.15) is 13.2 Å². The number of aliphatic hydroxyl groups is 2. The van der Waals surface area contributed by atoms with Gasteiger partial charge >= 0.3 is 6.18 Å². The highest BCUT2D eigenvalue weighted by Crippen LogP contribution is 2.35. The molecule has 0 bridgehead atoms. The molecule has 162 valence electrons. The summed E-state index contributed by atoms with van der Waals surface area (Å²) in [7, 11) is 0. The Morgan fingerprint density at radius 1 is 1.14 bits per heavy atom. The van der Waals surface area contributed by atoms with Gasteiger partial charge in [-0.1, -0.05) is 30.3 Å². The smallest absolute Gasteiger partial charge is 0.388 e. The molecule has 2 N–H and O–H groups in total. The Morgan fingerprint density at radius 3 is 2.38 bits per heavy atom. The molecule has 29 heavy (non-hydrogen) atoms. The third kappa shape index (κ3) is 5.71. The quantitative estimate of drug-likeness (QED) is 0.776. The van der Waals surface area contributed by atoms with E-state index in [4.69, 9.17) is 0 Å². The van der Waals surface area contributed by atoms with E-state index in [1.54, 1.807) is 9.80 Å². The Labute approximate surface area is 169 Å². The number of nitrogens with zero attached hydrogens (tertiary/aromatic N) is 2. The maximum atomic E-state index is 12.8. The number of likely N-dealkylation sites (tertiary alicyclic amines) is 2. The predicted octanol–water partition coefficient (Wildman–Crippen LogP) is 2.22. The number of aliphatic hydroxyl groups excluding tert-OH is 1. The summed E-state index contributed by atoms with van der Waals surface area (Å²) in [6.45, 7) is 1.01. The first kappa shape index (κ1) is 22.1. The SMILES string of the molecule is O=C(CCc1ccccc1)N1CC[C@](O)(CN2CCC(C(F)(F)F)CC2)[C@@H](O)C1. The number of β-amino-alcohol motifs (C(OH)–C–C–N with tert-alkyl or cyclic N) is 2. The number of amides is 1. The molecule has 0 unspecified atom stereocenters. The number of piperidine rings is 2. The number of alkyl halides is 3. The van der Waals surface area contributed by atoms with Crippen molar-refractivity contribution >= 4 is 5.91 Å². The van der Waals surface area contributed by atoms with Crippen molar-refractivity contribution in [3.8, 4) is 0 Å². The van der Waals surface area contributed by atoms with Crippen LogP contribution in [-0.2, 0) is 11.2 Å². The third-order valence-electron chi connectivity index (χ3n) is 6.20. The van der Waals surface area contributed by atoms with E-state index in [9.17, 15) is 28.2 Å². The summed E-state index contributed by atoms with van der Waals surface area (Å²) in [4.78, 5) is 15.8. The Kier molecular flexibility index (Phi) is 6.86. The molecule has 1 aromatic carbocycles. The molecule has 1 amide bonds. The van der Waals surface area contributed by atoms with Crippen LogP contribution >= 0.6 is 0 Å². The van der Waals surface area contributed by atoms with Crippen LogP contribution in [0.25, 0.3) is 0 Å². The third-order valence-corrected chi connectivity index (χ3v) is 6.20. The number of halogens is 3. The second kappa shape index (κ2) is 9.02. The fourth-order valence-corrected chi connectivity index (χ4v) is 4.24. The maximum absolute atomic E-state index is 12.8. The summed E-state index contributed by atoms with van der Waals surface area (Å²) in [5.74, 6) is -1.36. The van der Waals surface area contributed by atoms with E-state index in [-0.39, 0.29) is 51.3 Å². The van der Waals surface area contributed by atoms with Gasteiger partial charge in [-0.25, -0.2) is 0 Å². The Morgan fingerprint density at radius 2 is 1.79 bits per heavy atom. The van der Waals surface area contributed by atoms with Crippen molar-refractivity contribution < 1.29 is 28.2 Å². The van der Waals surface area contributed by atoms with E-state index in [1.165, 1.54) is 0 Å². The average Bonchev–Trinajstić information content (AvgIpc) is 2.69. The minimum Gasteiger partial charge on any atom is -0.388 e. The number of hydrogen-bond donors (Lipinski definition) is 2. The molecule has 2 fully saturated rings. The molecule has 0 aromatic heterocycles. The van der Waals surface area contributed by atoms with Crippen molar-refractivity contribution in [2.75, 3.05) is 32.7 Å². The van der Waals surface area contributed by atoms with Gasteiger partial charge in [-0.15, -0.1) is 0 Å². The molecular formula is C21H29F3N2O3. The van der Waals surface area contributed by atoms with Crippen molar-refractivity contribution in [3.05, 3.63) is 35.9 Å². The molecule has 1 aromatic rings. The number of benzene rings is 1. The standard InChI is InChI=1S/C21H29F3N2O3/c22-21(23,24)17-8-11-25(12-9-17)15-20(29)10-13-26(14-18(20)27)19(28)7-6-16-4-2-1-3-5-16/h1-5,17-18,27,29H,6-15H2/t18-,20-/m0/s1. The van der Waals surface area contributed by atoms with Gasteiger partial charge < -0.3 is 20.0 Å². The van der Waals surface area contributed by atoms with E-state index in [2.05, 4.69) is 0 Å². The summed E-state index contributed by atoms with van der Waals surface area (Å²) >= 11 is 0. The largest absolute Gasteiger partial charge is 0.391 e. The van der Waals surface area contributed by atoms with Gasteiger partial charge in [0.1, 0.15) is 11.7 Å². The fourth-order valence-electron chi connectivity index (χ4n) is 4.24. The molecule has 2 aliphatic heterocycles. The van der Waals surface area contributed by atoms with Crippen LogP contribution < -0.4 is 0 Å². The molecule has 0 spiro atoms. The second-order valence-corrected chi connectivity index (χ2v) is 8.29. The highest BCUT2D eigenvalue weighted by molar-refractivity contribution is 5.76. The molecule has 2 heterocycles. The summed E-state index contributed by atoms with van der Waals surface area (Å²) in [6.07, 6.45) is -4.10. The first-order chi connectivity index (χ1) is 13.7. The zero-order valence-electron chi connectivity index (χ0n) is 16.4. The summed E-state index contributed by atoms with van der Waals surface area (Å²) in [6, 6.07) is 9.67. The zero-order valence-corrected chi connectivity index (χ0v) is 16.4. The number of aryl methyl sites for hydroxylation is 1. The van der Waals surface area contributed by atoms with E-state index in [0.29, 0.717) is 19.4 Å². The van der Waals surface area contributed by atoms with Crippen molar-refractivity contribution in [1.29, 1.82) is 0 Å². The van der Waals surface area contributed by atoms with Gasteiger partial charge in [-0.3, -0.25) is 4.79 Å². The van der Waals surface area contributed by atoms with Crippen molar-refractivity contribution in [2.45, 2.75) is 50.0 Å². The normalized spacial score (nSPS) is 27.2. The molecule has 2 atom stereocenters. The topological polar surface area (TPSA) is 64.0 Å². The van der Waals surface area contributed by atoms with Crippen LogP contribution in [0.4, 0.5) is 13.2 Å². The number of rotatable bonds is 5. The Bertz CT molecular complexity index is 677. The second-order valence-electron chi connectivity index (χ2n) is 8.29. The van der Waals surface area contributed by atoms with E-state index >= 15 is 0 Å². The summed E-state index contributed by atoms with van der Waals surface area (Å²) < 4.78 is 38.4. The summed E-state index contributed by atoms with van der Waals surface area (Å²) in [5.41, 5.74) is -0.335. The number of carbonyl (C=O) groups excluding carboxylic acids is 1. The van der Waals surface area contributed by atoms with Gasteiger partial charge in [0.25, 0.3) is 0 Å². The number of carbonyl (C=O) groups is 1. The lowest BCUT2D eigenvalue weighted by Gasteiger charge is -2.45. The first-order valence-corrected chi connectivity index (χ1v) is 10.2. The molecule has 2 aliphatic rings. The van der Waals surface area contributed by atoms with Crippen LogP contribution in [0.15, 0.2) is 30.3 Å². The van der Waals surface area contributed by atoms with E-state index in [0.717, 1.165) is 5.56 Å². The fraction of sp³-hybridized carbons (Fsp3) is 0.667. The van der Waals surface area contributed by atoms with Crippen LogP contribution in [0.5, 0.6) is 0 Å². The van der Waals surface area contributed by atoms with Gasteiger partial charge in [0.2, 0.25) is 5.91 Å². The van der Waals surface area contributed by atoms with Gasteiger partial charge in [0.05, 0.1) is 5.92 Å². The van der Waals surface area contributed by atoms with Crippen molar-refractivity contribution in [1.82, 2.24) is 9.80 Å². The van der Waals surface area contributed by atoms with Gasteiger partial charge in [0.15, 0.2) is 0 Å². The Balaban J connectivity index is 1.47. The van der Waals surface area contributed by atoms with Gasteiger partial charge in [-0.05, 0) is 44.3 Å².